The molecule has 0 unspecified atom stereocenters. The SMILES string of the molecule is O=C(CNc1ccc2ccccc2c1)N/N=C\c1cccc(Br)c1. The quantitative estimate of drug-likeness (QED) is 0.514. The number of amides is 1. The lowest BCUT2D eigenvalue weighted by Gasteiger charge is -2.06. The lowest BCUT2D eigenvalue weighted by Crippen LogP contribution is -2.25. The third-order valence-electron chi connectivity index (χ3n) is 3.45. The minimum Gasteiger partial charge on any atom is -0.376 e. The number of carbonyl (C=O) groups excluding carboxylic acids is 1. The molecule has 0 aliphatic rings. The molecule has 0 saturated heterocycles. The lowest BCUT2D eigenvalue weighted by molar-refractivity contribution is -0.119. The maximum atomic E-state index is 11.8. The van der Waals surface area contributed by atoms with Crippen molar-refractivity contribution in [1.82, 2.24) is 5.43 Å². The molecule has 0 aliphatic heterocycles. The number of nitrogens with one attached hydrogen (secondary N) is 2. The topological polar surface area (TPSA) is 53.5 Å². The number of benzene rings is 3. The van der Waals surface area contributed by atoms with Crippen LogP contribution in [0.15, 0.2) is 76.3 Å². The first-order chi connectivity index (χ1) is 11.7. The van der Waals surface area contributed by atoms with E-state index in [-0.39, 0.29) is 12.5 Å². The van der Waals surface area contributed by atoms with Crippen LogP contribution in [0.4, 0.5) is 5.69 Å². The molecule has 5 heteroatoms. The predicted octanol–water partition coefficient (Wildman–Crippen LogP) is 4.16. The summed E-state index contributed by atoms with van der Waals surface area (Å²) >= 11 is 3.39. The molecule has 3 rings (SSSR count). The Balaban J connectivity index is 1.53. The van der Waals surface area contributed by atoms with E-state index in [1.165, 1.54) is 5.39 Å². The Labute approximate surface area is 148 Å². The van der Waals surface area contributed by atoms with Crippen molar-refractivity contribution in [3.8, 4) is 0 Å². The smallest absolute Gasteiger partial charge is 0.259 e. The number of hydrogen-bond acceptors (Lipinski definition) is 3. The molecular formula is C19H16BrN3O. The molecule has 0 aromatic heterocycles. The van der Waals surface area contributed by atoms with Crippen LogP contribution in [0.2, 0.25) is 0 Å². The molecule has 1 amide bonds. The Bertz CT molecular complexity index is 892. The summed E-state index contributed by atoms with van der Waals surface area (Å²) in [5, 5.41) is 9.37. The van der Waals surface area contributed by atoms with Crippen LogP contribution in [0.25, 0.3) is 10.8 Å². The highest BCUT2D eigenvalue weighted by atomic mass is 79.9. The Morgan fingerprint density at radius 3 is 2.67 bits per heavy atom. The van der Waals surface area contributed by atoms with Crippen LogP contribution in [0.1, 0.15) is 5.56 Å². The van der Waals surface area contributed by atoms with E-state index in [2.05, 4.69) is 37.8 Å². The monoisotopic (exact) mass is 381 g/mol. The van der Waals surface area contributed by atoms with Gasteiger partial charge in [-0.2, -0.15) is 5.10 Å². The molecule has 4 nitrogen and oxygen atoms in total. The van der Waals surface area contributed by atoms with Crippen LogP contribution >= 0.6 is 15.9 Å². The number of anilines is 1. The van der Waals surface area contributed by atoms with Gasteiger partial charge >= 0.3 is 0 Å². The number of carbonyl (C=O) groups is 1. The molecule has 24 heavy (non-hydrogen) atoms. The lowest BCUT2D eigenvalue weighted by atomic mass is 10.1. The molecule has 0 spiro atoms. The van der Waals surface area contributed by atoms with Crippen molar-refractivity contribution in [2.75, 3.05) is 11.9 Å². The summed E-state index contributed by atoms with van der Waals surface area (Å²) in [6, 6.07) is 21.8. The third-order valence-corrected chi connectivity index (χ3v) is 3.95. The van der Waals surface area contributed by atoms with Crippen molar-refractivity contribution in [3.05, 3.63) is 76.8 Å². The Morgan fingerprint density at radius 1 is 1.00 bits per heavy atom. The second-order valence-corrected chi connectivity index (χ2v) is 6.18. The molecule has 0 heterocycles. The van der Waals surface area contributed by atoms with Gasteiger partial charge in [0.1, 0.15) is 0 Å². The minimum atomic E-state index is -0.200. The molecule has 0 atom stereocenters. The van der Waals surface area contributed by atoms with Crippen LogP contribution in [-0.2, 0) is 4.79 Å². The number of hydrogen-bond donors (Lipinski definition) is 2. The van der Waals surface area contributed by atoms with Gasteiger partial charge in [0, 0.05) is 10.2 Å². The molecular weight excluding hydrogens is 366 g/mol. The van der Waals surface area contributed by atoms with Crippen molar-refractivity contribution >= 4 is 44.5 Å². The second-order valence-electron chi connectivity index (χ2n) is 5.26. The summed E-state index contributed by atoms with van der Waals surface area (Å²) in [4.78, 5) is 11.8. The van der Waals surface area contributed by atoms with E-state index in [1.807, 2.05) is 60.7 Å². The highest BCUT2D eigenvalue weighted by Gasteiger charge is 2.00. The summed E-state index contributed by atoms with van der Waals surface area (Å²) < 4.78 is 0.968. The number of nitrogens with zero attached hydrogens (tertiary/aromatic N) is 1. The molecule has 0 radical (unpaired) electrons. The summed E-state index contributed by atoms with van der Waals surface area (Å²) in [7, 11) is 0. The van der Waals surface area contributed by atoms with E-state index in [4.69, 9.17) is 0 Å². The summed E-state index contributed by atoms with van der Waals surface area (Å²) in [6.45, 7) is 0.161. The van der Waals surface area contributed by atoms with E-state index in [0.717, 1.165) is 21.1 Å². The highest BCUT2D eigenvalue weighted by molar-refractivity contribution is 9.10. The van der Waals surface area contributed by atoms with Gasteiger partial charge in [-0.05, 0) is 40.6 Å². The van der Waals surface area contributed by atoms with Crippen molar-refractivity contribution in [1.29, 1.82) is 0 Å². The fraction of sp³-hybridized carbons (Fsp3) is 0.0526. The molecule has 3 aromatic rings. The normalized spacial score (nSPS) is 10.9. The van der Waals surface area contributed by atoms with Crippen LogP contribution in [-0.4, -0.2) is 18.7 Å². The maximum Gasteiger partial charge on any atom is 0.259 e. The zero-order chi connectivity index (χ0) is 16.8. The Hall–Kier alpha value is -2.66. The molecule has 0 bridgehead atoms. The maximum absolute atomic E-state index is 11.8. The second kappa shape index (κ2) is 7.75. The zero-order valence-corrected chi connectivity index (χ0v) is 14.5. The number of halogens is 1. The van der Waals surface area contributed by atoms with Crippen LogP contribution in [0, 0.1) is 0 Å². The van der Waals surface area contributed by atoms with Gasteiger partial charge in [-0.3, -0.25) is 4.79 Å². The summed E-state index contributed by atoms with van der Waals surface area (Å²) in [5.74, 6) is -0.200. The van der Waals surface area contributed by atoms with Gasteiger partial charge in [-0.15, -0.1) is 0 Å². The molecule has 0 saturated carbocycles. The van der Waals surface area contributed by atoms with E-state index in [9.17, 15) is 4.79 Å². The van der Waals surface area contributed by atoms with Crippen LogP contribution in [0.3, 0.4) is 0 Å². The van der Waals surface area contributed by atoms with Crippen molar-refractivity contribution in [3.63, 3.8) is 0 Å². The Kier molecular flexibility index (Phi) is 5.23. The average Bonchev–Trinajstić information content (AvgIpc) is 2.60. The molecule has 0 aliphatic carbocycles. The van der Waals surface area contributed by atoms with E-state index in [0.29, 0.717) is 0 Å². The number of fused-ring (bicyclic) bond motifs is 1. The molecule has 2 N–H and O–H groups in total. The van der Waals surface area contributed by atoms with Crippen molar-refractivity contribution < 1.29 is 4.79 Å². The highest BCUT2D eigenvalue weighted by Crippen LogP contribution is 2.18. The first-order valence-electron chi connectivity index (χ1n) is 7.51. The predicted molar refractivity (Wildman–Crippen MR) is 102 cm³/mol. The summed E-state index contributed by atoms with van der Waals surface area (Å²) in [6.07, 6.45) is 1.61. The van der Waals surface area contributed by atoms with Gasteiger partial charge in [0.2, 0.25) is 0 Å². The van der Waals surface area contributed by atoms with Gasteiger partial charge in [-0.25, -0.2) is 5.43 Å². The molecule has 0 fully saturated rings. The minimum absolute atomic E-state index is 0.161. The van der Waals surface area contributed by atoms with E-state index < -0.39 is 0 Å². The fourth-order valence-electron chi connectivity index (χ4n) is 2.29. The molecule has 3 aromatic carbocycles. The van der Waals surface area contributed by atoms with Crippen LogP contribution < -0.4 is 10.7 Å². The summed E-state index contributed by atoms with van der Waals surface area (Å²) in [5.41, 5.74) is 4.32. The van der Waals surface area contributed by atoms with E-state index >= 15 is 0 Å². The van der Waals surface area contributed by atoms with Gasteiger partial charge in [0.25, 0.3) is 5.91 Å². The largest absolute Gasteiger partial charge is 0.376 e. The standard InChI is InChI=1S/C19H16BrN3O/c20-17-7-3-4-14(10-17)12-22-23-19(24)13-21-18-9-8-15-5-1-2-6-16(15)11-18/h1-12,21H,13H2,(H,23,24)/b22-12-. The first kappa shape index (κ1) is 16.2. The zero-order valence-electron chi connectivity index (χ0n) is 12.9. The van der Waals surface area contributed by atoms with Gasteiger partial charge in [0.15, 0.2) is 0 Å². The number of rotatable bonds is 5. The van der Waals surface area contributed by atoms with Crippen molar-refractivity contribution in [2.24, 2.45) is 5.10 Å². The van der Waals surface area contributed by atoms with E-state index in [1.54, 1.807) is 6.21 Å². The Morgan fingerprint density at radius 2 is 1.83 bits per heavy atom. The van der Waals surface area contributed by atoms with Gasteiger partial charge in [0.05, 0.1) is 12.8 Å². The van der Waals surface area contributed by atoms with Crippen LogP contribution in [0.5, 0.6) is 0 Å². The molecule has 120 valence electrons. The van der Waals surface area contributed by atoms with Crippen molar-refractivity contribution in [2.45, 2.75) is 0 Å². The third kappa shape index (κ3) is 4.43. The van der Waals surface area contributed by atoms with Gasteiger partial charge in [-0.1, -0.05) is 58.4 Å². The average molecular weight is 382 g/mol. The number of hydrazone groups is 1. The first-order valence-corrected chi connectivity index (χ1v) is 8.30. The van der Waals surface area contributed by atoms with Gasteiger partial charge < -0.3 is 5.32 Å². The fourth-order valence-corrected chi connectivity index (χ4v) is 2.70.